The molecule has 0 aromatic carbocycles. The van der Waals surface area contributed by atoms with Crippen LogP contribution in [0, 0.1) is 0 Å². The number of aliphatic hydroxyl groups excluding tert-OH is 2. The van der Waals surface area contributed by atoms with E-state index in [1.807, 2.05) is 0 Å². The summed E-state index contributed by atoms with van der Waals surface area (Å²) in [5.41, 5.74) is -0.563. The van der Waals surface area contributed by atoms with Crippen molar-refractivity contribution in [1.82, 2.24) is 19.1 Å². The summed E-state index contributed by atoms with van der Waals surface area (Å²) >= 11 is 0. The van der Waals surface area contributed by atoms with Crippen molar-refractivity contribution in [3.63, 3.8) is 0 Å². The molecule has 0 bridgehead atoms. The molecule has 1 aromatic heterocycles. The molecular formula is C10H14F3N5O6S. The number of aromatic nitrogens is 3. The van der Waals surface area contributed by atoms with Gasteiger partial charge in [0.15, 0.2) is 6.23 Å². The van der Waals surface area contributed by atoms with Gasteiger partial charge in [-0.25, -0.2) is 18.1 Å². The van der Waals surface area contributed by atoms with E-state index in [-0.39, 0.29) is 4.31 Å². The summed E-state index contributed by atoms with van der Waals surface area (Å²) in [5.74, 6) is -1.38. The Kier molecular flexibility index (Phi) is 5.06. The number of carbonyl (C=O) groups excluding carboxylic acids is 1. The Morgan fingerprint density at radius 2 is 2.04 bits per heavy atom. The van der Waals surface area contributed by atoms with Crippen LogP contribution in [0.25, 0.3) is 0 Å². The number of nitrogens with two attached hydrogens (primary N) is 1. The first-order chi connectivity index (χ1) is 11.4. The standard InChI is InChI=1S/C10H14F3N5O6S/c1-17(25(22,23)10(11,12)13)2-4-5(19)6(20)9(24-4)18-3-15-8(16-18)7(14)21/h3-6,9,19-20H,2H2,1H3,(H2,14,21)/t4-,5-,6-,9-/m1/s1. The predicted molar refractivity (Wildman–Crippen MR) is 72.1 cm³/mol. The molecule has 1 aliphatic rings. The Labute approximate surface area is 138 Å². The van der Waals surface area contributed by atoms with Crippen molar-refractivity contribution < 1.29 is 41.3 Å². The second-order valence-corrected chi connectivity index (χ2v) is 7.23. The number of ether oxygens (including phenoxy) is 1. The average molecular weight is 389 g/mol. The number of primary amides is 1. The van der Waals surface area contributed by atoms with Gasteiger partial charge in [-0.05, 0) is 0 Å². The fraction of sp³-hybridized carbons (Fsp3) is 0.700. The van der Waals surface area contributed by atoms with Crippen LogP contribution >= 0.6 is 0 Å². The third kappa shape index (κ3) is 3.59. The molecule has 1 aliphatic heterocycles. The Balaban J connectivity index is 2.15. The van der Waals surface area contributed by atoms with Gasteiger partial charge >= 0.3 is 15.5 Å². The van der Waals surface area contributed by atoms with E-state index in [4.69, 9.17) is 10.5 Å². The van der Waals surface area contributed by atoms with E-state index in [0.29, 0.717) is 7.05 Å². The first kappa shape index (κ1) is 19.5. The summed E-state index contributed by atoms with van der Waals surface area (Å²) in [4.78, 5) is 14.5. The fourth-order valence-electron chi connectivity index (χ4n) is 2.14. The smallest absolute Gasteiger partial charge is 0.387 e. The SMILES string of the molecule is CN(C[C@H]1O[C@@H](n2cnc(C(N)=O)n2)[C@H](O)[C@@H]1O)S(=O)(=O)C(F)(F)F. The normalized spacial score (nSPS) is 27.8. The summed E-state index contributed by atoms with van der Waals surface area (Å²) in [6, 6.07) is 0. The molecular weight excluding hydrogens is 375 g/mol. The predicted octanol–water partition coefficient (Wildman–Crippen LogP) is -2.22. The van der Waals surface area contributed by atoms with Gasteiger partial charge < -0.3 is 20.7 Å². The molecule has 1 fully saturated rings. The first-order valence-electron chi connectivity index (χ1n) is 6.61. The lowest BCUT2D eigenvalue weighted by atomic mass is 10.1. The van der Waals surface area contributed by atoms with Gasteiger partial charge in [-0.15, -0.1) is 5.10 Å². The van der Waals surface area contributed by atoms with Crippen LogP contribution in [0.3, 0.4) is 0 Å². The summed E-state index contributed by atoms with van der Waals surface area (Å²) in [7, 11) is -4.98. The summed E-state index contributed by atoms with van der Waals surface area (Å²) in [6.07, 6.45) is -5.29. The highest BCUT2D eigenvalue weighted by molar-refractivity contribution is 7.89. The van der Waals surface area contributed by atoms with Crippen molar-refractivity contribution >= 4 is 15.9 Å². The molecule has 25 heavy (non-hydrogen) atoms. The van der Waals surface area contributed by atoms with E-state index in [0.717, 1.165) is 11.0 Å². The highest BCUT2D eigenvalue weighted by Crippen LogP contribution is 2.31. The van der Waals surface area contributed by atoms with Gasteiger partial charge in [0.25, 0.3) is 5.91 Å². The number of hydrogen-bond donors (Lipinski definition) is 3. The highest BCUT2D eigenvalue weighted by atomic mass is 32.2. The largest absolute Gasteiger partial charge is 0.511 e. The summed E-state index contributed by atoms with van der Waals surface area (Å²) < 4.78 is 66.0. The quantitative estimate of drug-likeness (QED) is 0.510. The summed E-state index contributed by atoms with van der Waals surface area (Å²) in [5, 5.41) is 23.4. The van der Waals surface area contributed by atoms with Crippen molar-refractivity contribution in [2.75, 3.05) is 13.6 Å². The van der Waals surface area contributed by atoms with Crippen molar-refractivity contribution in [2.45, 2.75) is 30.0 Å². The Bertz CT molecular complexity index is 752. The Morgan fingerprint density at radius 3 is 2.52 bits per heavy atom. The van der Waals surface area contributed by atoms with Crippen LogP contribution in [0.5, 0.6) is 0 Å². The van der Waals surface area contributed by atoms with E-state index in [1.165, 1.54) is 0 Å². The molecule has 2 heterocycles. The maximum absolute atomic E-state index is 12.5. The third-order valence-electron chi connectivity index (χ3n) is 3.47. The monoisotopic (exact) mass is 389 g/mol. The molecule has 1 amide bonds. The molecule has 15 heteroatoms. The number of hydrogen-bond acceptors (Lipinski definition) is 8. The lowest BCUT2D eigenvalue weighted by Crippen LogP contribution is -2.45. The maximum atomic E-state index is 12.5. The molecule has 0 radical (unpaired) electrons. The average Bonchev–Trinajstić information content (AvgIpc) is 3.06. The number of rotatable bonds is 5. The molecule has 4 N–H and O–H groups in total. The number of likely N-dealkylation sites (N-methyl/N-ethyl adjacent to an activating group) is 1. The fourth-order valence-corrected chi connectivity index (χ4v) is 2.83. The minimum atomic E-state index is -5.63. The molecule has 1 aromatic rings. The van der Waals surface area contributed by atoms with Crippen LogP contribution in [0.15, 0.2) is 6.33 Å². The Morgan fingerprint density at radius 1 is 1.44 bits per heavy atom. The van der Waals surface area contributed by atoms with Crippen LogP contribution in [-0.2, 0) is 14.8 Å². The minimum Gasteiger partial charge on any atom is -0.387 e. The van der Waals surface area contributed by atoms with Gasteiger partial charge in [-0.2, -0.15) is 17.5 Å². The summed E-state index contributed by atoms with van der Waals surface area (Å²) in [6.45, 7) is -0.881. The van der Waals surface area contributed by atoms with Crippen molar-refractivity contribution in [1.29, 1.82) is 0 Å². The van der Waals surface area contributed by atoms with E-state index >= 15 is 0 Å². The molecule has 4 atom stereocenters. The lowest BCUT2D eigenvalue weighted by Gasteiger charge is -2.23. The number of amides is 1. The van der Waals surface area contributed by atoms with Gasteiger partial charge in [0, 0.05) is 13.6 Å². The molecule has 11 nitrogen and oxygen atoms in total. The van der Waals surface area contributed by atoms with E-state index in [1.54, 1.807) is 0 Å². The molecule has 0 aliphatic carbocycles. The zero-order chi connectivity index (χ0) is 19.2. The zero-order valence-corrected chi connectivity index (χ0v) is 13.3. The molecule has 1 saturated heterocycles. The number of sulfonamides is 1. The third-order valence-corrected chi connectivity index (χ3v) is 5.02. The molecule has 0 saturated carbocycles. The molecule has 2 rings (SSSR count). The molecule has 0 spiro atoms. The number of alkyl halides is 3. The lowest BCUT2D eigenvalue weighted by molar-refractivity contribution is -0.0568. The molecule has 142 valence electrons. The maximum Gasteiger partial charge on any atom is 0.511 e. The van der Waals surface area contributed by atoms with Crippen LogP contribution in [0.4, 0.5) is 13.2 Å². The number of carbonyl (C=O) groups is 1. The number of aliphatic hydroxyl groups is 2. The van der Waals surface area contributed by atoms with Gasteiger partial charge in [-0.3, -0.25) is 4.79 Å². The topological polar surface area (TPSA) is 161 Å². The van der Waals surface area contributed by atoms with Gasteiger partial charge in [0.2, 0.25) is 5.82 Å². The zero-order valence-electron chi connectivity index (χ0n) is 12.5. The first-order valence-corrected chi connectivity index (χ1v) is 8.05. The van der Waals surface area contributed by atoms with Gasteiger partial charge in [0.05, 0.1) is 0 Å². The Hall–Kier alpha value is -1.81. The minimum absolute atomic E-state index is 0.0494. The van der Waals surface area contributed by atoms with Gasteiger partial charge in [-0.1, -0.05) is 0 Å². The second kappa shape index (κ2) is 6.49. The van der Waals surface area contributed by atoms with Crippen molar-refractivity contribution in [2.24, 2.45) is 5.73 Å². The van der Waals surface area contributed by atoms with Gasteiger partial charge in [0.1, 0.15) is 24.6 Å². The number of halogens is 3. The van der Waals surface area contributed by atoms with E-state index in [2.05, 4.69) is 10.1 Å². The van der Waals surface area contributed by atoms with Crippen LogP contribution in [-0.4, -0.2) is 81.0 Å². The van der Waals surface area contributed by atoms with Crippen LogP contribution < -0.4 is 5.73 Å². The second-order valence-electron chi connectivity index (χ2n) is 5.19. The molecule has 0 unspecified atom stereocenters. The van der Waals surface area contributed by atoms with E-state index in [9.17, 15) is 36.6 Å². The van der Waals surface area contributed by atoms with Crippen LogP contribution in [0.1, 0.15) is 16.8 Å². The number of nitrogens with zero attached hydrogens (tertiary/aromatic N) is 4. The van der Waals surface area contributed by atoms with Crippen molar-refractivity contribution in [3.05, 3.63) is 12.2 Å². The van der Waals surface area contributed by atoms with E-state index < -0.39 is 58.3 Å². The van der Waals surface area contributed by atoms with Crippen molar-refractivity contribution in [3.8, 4) is 0 Å². The highest BCUT2D eigenvalue weighted by Gasteiger charge is 2.51. The van der Waals surface area contributed by atoms with Crippen LogP contribution in [0.2, 0.25) is 0 Å².